The highest BCUT2D eigenvalue weighted by atomic mass is 35.5. The average molecular weight is 407 g/mol. The van der Waals surface area contributed by atoms with E-state index in [9.17, 15) is 4.39 Å². The second kappa shape index (κ2) is 9.09. The number of nitrogens with one attached hydrogen (secondary N) is 1. The molecule has 0 bridgehead atoms. The highest BCUT2D eigenvalue weighted by molar-refractivity contribution is 6.31. The maximum Gasteiger partial charge on any atom is 0.123 e. The molecule has 144 valence electrons. The Morgan fingerprint density at radius 3 is 2.56 bits per heavy atom. The molecule has 2 aromatic carbocycles. The van der Waals surface area contributed by atoms with Crippen molar-refractivity contribution in [3.63, 3.8) is 0 Å². The van der Waals surface area contributed by atoms with Gasteiger partial charge in [0, 0.05) is 22.3 Å². The second-order valence-corrected chi connectivity index (χ2v) is 7.68. The van der Waals surface area contributed by atoms with Gasteiger partial charge in [0.25, 0.3) is 0 Å². The van der Waals surface area contributed by atoms with Crippen LogP contribution in [0.1, 0.15) is 31.2 Å². The molecule has 1 saturated heterocycles. The van der Waals surface area contributed by atoms with E-state index in [1.165, 1.54) is 48.8 Å². The molecule has 0 aliphatic carbocycles. The van der Waals surface area contributed by atoms with Crippen LogP contribution in [-0.4, -0.2) is 17.7 Å². The number of fused-ring (bicyclic) bond motifs is 1. The van der Waals surface area contributed by atoms with Crippen LogP contribution in [0.2, 0.25) is 5.02 Å². The van der Waals surface area contributed by atoms with Gasteiger partial charge < -0.3 is 9.88 Å². The van der Waals surface area contributed by atoms with Crippen LogP contribution >= 0.6 is 24.0 Å². The number of rotatable bonds is 5. The molecule has 1 aliphatic heterocycles. The van der Waals surface area contributed by atoms with Gasteiger partial charge in [0.1, 0.15) is 5.82 Å². The fourth-order valence-corrected chi connectivity index (χ4v) is 4.21. The first-order valence-electron chi connectivity index (χ1n) is 9.47. The molecule has 4 rings (SSSR count). The lowest BCUT2D eigenvalue weighted by atomic mass is 9.91. The average Bonchev–Trinajstić information content (AvgIpc) is 3.01. The van der Waals surface area contributed by atoms with E-state index in [0.717, 1.165) is 41.7 Å². The number of hydrogen-bond donors (Lipinski definition) is 1. The van der Waals surface area contributed by atoms with Crippen LogP contribution < -0.4 is 5.32 Å². The number of aryl methyl sites for hydroxylation is 1. The first kappa shape index (κ1) is 20.2. The zero-order valence-corrected chi connectivity index (χ0v) is 16.8. The van der Waals surface area contributed by atoms with Crippen molar-refractivity contribution in [3.8, 4) is 5.69 Å². The van der Waals surface area contributed by atoms with E-state index in [1.54, 1.807) is 0 Å². The van der Waals surface area contributed by atoms with E-state index in [4.69, 9.17) is 11.6 Å². The van der Waals surface area contributed by atoms with Gasteiger partial charge in [-0.05, 0) is 92.7 Å². The van der Waals surface area contributed by atoms with Crippen molar-refractivity contribution >= 4 is 34.9 Å². The summed E-state index contributed by atoms with van der Waals surface area (Å²) in [6.07, 6.45) is 8.31. The summed E-state index contributed by atoms with van der Waals surface area (Å²) in [5.41, 5.74) is 3.42. The molecule has 2 heterocycles. The van der Waals surface area contributed by atoms with E-state index < -0.39 is 0 Å². The Hall–Kier alpha value is -1.55. The summed E-state index contributed by atoms with van der Waals surface area (Å²) >= 11 is 6.26. The standard InChI is InChI=1S/C22H24ClFN2.ClH/c23-18-4-9-22-21(14-18)17(3-1-2-16-10-12-25-13-11-16)15-26(22)20-7-5-19(24)6-8-20;/h4-9,14-16,25H,1-3,10-13H2;1H. The van der Waals surface area contributed by atoms with Gasteiger partial charge in [-0.25, -0.2) is 4.39 Å². The minimum Gasteiger partial charge on any atom is -0.317 e. The summed E-state index contributed by atoms with van der Waals surface area (Å²) in [4.78, 5) is 0. The third kappa shape index (κ3) is 4.66. The number of benzene rings is 2. The van der Waals surface area contributed by atoms with E-state index >= 15 is 0 Å². The van der Waals surface area contributed by atoms with E-state index in [-0.39, 0.29) is 18.2 Å². The summed E-state index contributed by atoms with van der Waals surface area (Å²) in [5.74, 6) is 0.640. The van der Waals surface area contributed by atoms with Crippen LogP contribution in [0.25, 0.3) is 16.6 Å². The van der Waals surface area contributed by atoms with Gasteiger partial charge in [-0.1, -0.05) is 18.0 Å². The van der Waals surface area contributed by atoms with Crippen LogP contribution in [0.4, 0.5) is 4.39 Å². The molecule has 0 atom stereocenters. The lowest BCUT2D eigenvalue weighted by Gasteiger charge is -2.22. The molecule has 0 spiro atoms. The lowest BCUT2D eigenvalue weighted by molar-refractivity contribution is 0.347. The molecule has 0 radical (unpaired) electrons. The Kier molecular flexibility index (Phi) is 6.80. The SMILES string of the molecule is Cl.Fc1ccc(-n2cc(CCCC3CCNCC3)c3cc(Cl)ccc32)cc1. The molecule has 3 aromatic rings. The Labute approximate surface area is 171 Å². The highest BCUT2D eigenvalue weighted by Crippen LogP contribution is 2.29. The molecular weight excluding hydrogens is 382 g/mol. The molecule has 1 aromatic heterocycles. The van der Waals surface area contributed by atoms with Crippen molar-refractivity contribution in [2.45, 2.75) is 32.1 Å². The largest absolute Gasteiger partial charge is 0.317 e. The molecule has 5 heteroatoms. The summed E-state index contributed by atoms with van der Waals surface area (Å²) < 4.78 is 15.4. The van der Waals surface area contributed by atoms with Crippen molar-refractivity contribution in [1.82, 2.24) is 9.88 Å². The number of aromatic nitrogens is 1. The lowest BCUT2D eigenvalue weighted by Crippen LogP contribution is -2.27. The topological polar surface area (TPSA) is 17.0 Å². The van der Waals surface area contributed by atoms with Crippen LogP contribution in [-0.2, 0) is 6.42 Å². The molecule has 0 amide bonds. The van der Waals surface area contributed by atoms with Gasteiger partial charge in [0.2, 0.25) is 0 Å². The Bertz CT molecular complexity index is 883. The molecule has 2 nitrogen and oxygen atoms in total. The first-order valence-corrected chi connectivity index (χ1v) is 9.84. The second-order valence-electron chi connectivity index (χ2n) is 7.25. The van der Waals surface area contributed by atoms with Gasteiger partial charge in [0.15, 0.2) is 0 Å². The van der Waals surface area contributed by atoms with Gasteiger partial charge in [-0.15, -0.1) is 12.4 Å². The smallest absolute Gasteiger partial charge is 0.123 e. The minimum absolute atomic E-state index is 0. The van der Waals surface area contributed by atoms with E-state index in [1.807, 2.05) is 18.2 Å². The van der Waals surface area contributed by atoms with Crippen molar-refractivity contribution in [3.05, 3.63) is 65.1 Å². The van der Waals surface area contributed by atoms with Gasteiger partial charge in [0.05, 0.1) is 5.52 Å². The van der Waals surface area contributed by atoms with Gasteiger partial charge in [-0.2, -0.15) is 0 Å². The minimum atomic E-state index is -0.213. The maximum absolute atomic E-state index is 13.3. The number of halogens is 3. The number of piperidine rings is 1. The van der Waals surface area contributed by atoms with Crippen LogP contribution in [0.15, 0.2) is 48.7 Å². The van der Waals surface area contributed by atoms with Crippen LogP contribution in [0, 0.1) is 11.7 Å². The highest BCUT2D eigenvalue weighted by Gasteiger charge is 2.14. The molecule has 0 unspecified atom stereocenters. The Morgan fingerprint density at radius 1 is 1.07 bits per heavy atom. The first-order chi connectivity index (χ1) is 12.7. The third-order valence-corrected chi connectivity index (χ3v) is 5.71. The maximum atomic E-state index is 13.3. The monoisotopic (exact) mass is 406 g/mol. The zero-order valence-electron chi connectivity index (χ0n) is 15.3. The van der Waals surface area contributed by atoms with E-state index in [2.05, 4.69) is 28.2 Å². The van der Waals surface area contributed by atoms with Gasteiger partial charge in [-0.3, -0.25) is 0 Å². The Morgan fingerprint density at radius 2 is 1.81 bits per heavy atom. The quantitative estimate of drug-likeness (QED) is 0.536. The molecule has 1 aliphatic rings. The fraction of sp³-hybridized carbons (Fsp3) is 0.364. The molecular formula is C22H25Cl2FN2. The molecule has 27 heavy (non-hydrogen) atoms. The zero-order chi connectivity index (χ0) is 17.9. The van der Waals surface area contributed by atoms with E-state index in [0.29, 0.717) is 0 Å². The van der Waals surface area contributed by atoms with Gasteiger partial charge >= 0.3 is 0 Å². The summed E-state index contributed by atoms with van der Waals surface area (Å²) in [7, 11) is 0. The predicted octanol–water partition coefficient (Wildman–Crippen LogP) is 6.17. The van der Waals surface area contributed by atoms with Crippen LogP contribution in [0.3, 0.4) is 0 Å². The summed E-state index contributed by atoms with van der Waals surface area (Å²) in [5, 5.41) is 5.39. The molecule has 1 N–H and O–H groups in total. The number of nitrogens with zero attached hydrogens (tertiary/aromatic N) is 1. The van der Waals surface area contributed by atoms with Crippen molar-refractivity contribution < 1.29 is 4.39 Å². The normalized spacial score (nSPS) is 15.0. The molecule has 1 fully saturated rings. The number of hydrogen-bond acceptors (Lipinski definition) is 1. The van der Waals surface area contributed by atoms with Crippen molar-refractivity contribution in [1.29, 1.82) is 0 Å². The fourth-order valence-electron chi connectivity index (χ4n) is 4.04. The van der Waals surface area contributed by atoms with Crippen LogP contribution in [0.5, 0.6) is 0 Å². The summed E-state index contributed by atoms with van der Waals surface area (Å²) in [6, 6.07) is 12.7. The van der Waals surface area contributed by atoms with Crippen molar-refractivity contribution in [2.24, 2.45) is 5.92 Å². The summed E-state index contributed by atoms with van der Waals surface area (Å²) in [6.45, 7) is 2.31. The van der Waals surface area contributed by atoms with Crippen molar-refractivity contribution in [2.75, 3.05) is 13.1 Å². The Balaban J connectivity index is 0.00000210. The predicted molar refractivity (Wildman–Crippen MR) is 114 cm³/mol. The molecule has 0 saturated carbocycles. The third-order valence-electron chi connectivity index (χ3n) is 5.47.